The van der Waals surface area contributed by atoms with E-state index >= 15 is 0 Å². The molecule has 0 unspecified atom stereocenters. The molecule has 0 saturated heterocycles. The van der Waals surface area contributed by atoms with Gasteiger partial charge in [0.15, 0.2) is 11.0 Å². The zero-order valence-corrected chi connectivity index (χ0v) is 17.9. The molecule has 3 aromatic rings. The average molecular weight is 410 g/mol. The van der Waals surface area contributed by atoms with E-state index in [0.717, 1.165) is 41.1 Å². The quantitative estimate of drug-likeness (QED) is 0.427. The molecule has 0 spiro atoms. The lowest BCUT2D eigenvalue weighted by atomic mass is 10.1. The number of aromatic nitrogens is 3. The van der Waals surface area contributed by atoms with Gasteiger partial charge in [-0.1, -0.05) is 30.0 Å². The van der Waals surface area contributed by atoms with Gasteiger partial charge < -0.3 is 10.2 Å². The predicted octanol–water partition coefficient (Wildman–Crippen LogP) is 4.01. The topological polar surface area (TPSA) is 63.1 Å². The second-order valence-corrected chi connectivity index (χ2v) is 7.59. The molecule has 1 amide bonds. The van der Waals surface area contributed by atoms with E-state index in [1.807, 2.05) is 18.2 Å². The predicted molar refractivity (Wildman–Crippen MR) is 120 cm³/mol. The van der Waals surface area contributed by atoms with Crippen LogP contribution in [-0.4, -0.2) is 46.1 Å². The highest BCUT2D eigenvalue weighted by Crippen LogP contribution is 2.29. The summed E-state index contributed by atoms with van der Waals surface area (Å²) >= 11 is 1.58. The Morgan fingerprint density at radius 2 is 1.72 bits per heavy atom. The van der Waals surface area contributed by atoms with E-state index in [-0.39, 0.29) is 5.91 Å². The number of benzene rings is 2. The molecule has 0 saturated carbocycles. The Kier molecular flexibility index (Phi) is 7.30. The minimum atomic E-state index is -0.0240. The van der Waals surface area contributed by atoms with Gasteiger partial charge in [-0.05, 0) is 50.2 Å². The fourth-order valence-electron chi connectivity index (χ4n) is 3.14. The van der Waals surface area contributed by atoms with Gasteiger partial charge in [-0.2, -0.15) is 0 Å². The maximum absolute atomic E-state index is 11.1. The number of amides is 1. The van der Waals surface area contributed by atoms with Crippen molar-refractivity contribution in [3.05, 3.63) is 54.6 Å². The monoisotopic (exact) mass is 409 g/mol. The normalized spacial score (nSPS) is 10.7. The first-order chi connectivity index (χ1) is 14.1. The fraction of sp³-hybridized carbons (Fsp3) is 0.318. The number of para-hydroxylation sites is 1. The van der Waals surface area contributed by atoms with Gasteiger partial charge >= 0.3 is 0 Å². The Morgan fingerprint density at radius 3 is 2.34 bits per heavy atom. The summed E-state index contributed by atoms with van der Waals surface area (Å²) < 4.78 is 2.07. The lowest BCUT2D eigenvalue weighted by molar-refractivity contribution is -0.118. The van der Waals surface area contributed by atoms with E-state index in [1.54, 1.807) is 11.8 Å². The number of nitrogens with one attached hydrogen (secondary N) is 1. The third-order valence-electron chi connectivity index (χ3n) is 4.61. The van der Waals surface area contributed by atoms with Crippen molar-refractivity contribution in [1.29, 1.82) is 0 Å². The molecule has 0 bridgehead atoms. The molecule has 152 valence electrons. The Hall–Kier alpha value is -2.80. The largest absolute Gasteiger partial charge is 0.372 e. The van der Waals surface area contributed by atoms with Gasteiger partial charge in [-0.25, -0.2) is 0 Å². The molecule has 6 nitrogen and oxygen atoms in total. The standard InChI is InChI=1S/C22H27N5OS/c1-4-26(5-2)19-13-11-18(12-14-19)21-24-25-22(29-16-15-23-17(3)28)27(21)20-9-7-6-8-10-20/h6-14H,4-5,15-16H2,1-3H3,(H,23,28). The van der Waals surface area contributed by atoms with Crippen LogP contribution >= 0.6 is 11.8 Å². The first-order valence-electron chi connectivity index (χ1n) is 9.87. The minimum absolute atomic E-state index is 0.0240. The van der Waals surface area contributed by atoms with E-state index in [4.69, 9.17) is 0 Å². The molecule has 1 aromatic heterocycles. The smallest absolute Gasteiger partial charge is 0.216 e. The van der Waals surface area contributed by atoms with Crippen molar-refractivity contribution in [1.82, 2.24) is 20.1 Å². The Bertz CT molecular complexity index is 920. The minimum Gasteiger partial charge on any atom is -0.372 e. The molecule has 0 atom stereocenters. The second-order valence-electron chi connectivity index (χ2n) is 6.53. The first kappa shape index (κ1) is 20.9. The van der Waals surface area contributed by atoms with E-state index in [9.17, 15) is 4.79 Å². The van der Waals surface area contributed by atoms with Crippen molar-refractivity contribution in [2.75, 3.05) is 30.3 Å². The van der Waals surface area contributed by atoms with Gasteiger partial charge in [0.1, 0.15) is 0 Å². The van der Waals surface area contributed by atoms with Crippen molar-refractivity contribution in [2.24, 2.45) is 0 Å². The summed E-state index contributed by atoms with van der Waals surface area (Å²) in [5.74, 6) is 1.51. The van der Waals surface area contributed by atoms with Crippen LogP contribution < -0.4 is 10.2 Å². The van der Waals surface area contributed by atoms with Crippen LogP contribution in [0.1, 0.15) is 20.8 Å². The van der Waals surface area contributed by atoms with Crippen LogP contribution in [-0.2, 0) is 4.79 Å². The molecule has 0 fully saturated rings. The third-order valence-corrected chi connectivity index (χ3v) is 5.54. The molecular formula is C22H27N5OS. The van der Waals surface area contributed by atoms with Gasteiger partial charge in [-0.3, -0.25) is 9.36 Å². The summed E-state index contributed by atoms with van der Waals surface area (Å²) in [4.78, 5) is 13.4. The van der Waals surface area contributed by atoms with Crippen LogP contribution in [0.15, 0.2) is 59.8 Å². The van der Waals surface area contributed by atoms with Crippen LogP contribution in [0.2, 0.25) is 0 Å². The van der Waals surface area contributed by atoms with E-state index < -0.39 is 0 Å². The lowest BCUT2D eigenvalue weighted by Crippen LogP contribution is -2.22. The third kappa shape index (κ3) is 5.17. The molecule has 0 aliphatic carbocycles. The van der Waals surface area contributed by atoms with Gasteiger partial charge in [0.25, 0.3) is 0 Å². The molecule has 0 aliphatic rings. The molecule has 0 aliphatic heterocycles. The number of nitrogens with zero attached hydrogens (tertiary/aromatic N) is 4. The van der Waals surface area contributed by atoms with Crippen molar-refractivity contribution < 1.29 is 4.79 Å². The van der Waals surface area contributed by atoms with Crippen molar-refractivity contribution in [3.63, 3.8) is 0 Å². The molecule has 29 heavy (non-hydrogen) atoms. The first-order valence-corrected chi connectivity index (χ1v) is 10.9. The van der Waals surface area contributed by atoms with E-state index in [0.29, 0.717) is 6.54 Å². The van der Waals surface area contributed by atoms with Crippen molar-refractivity contribution in [2.45, 2.75) is 25.9 Å². The number of hydrogen-bond acceptors (Lipinski definition) is 5. The maximum atomic E-state index is 11.1. The highest BCUT2D eigenvalue weighted by molar-refractivity contribution is 7.99. The Morgan fingerprint density at radius 1 is 1.03 bits per heavy atom. The summed E-state index contributed by atoms with van der Waals surface area (Å²) in [6.07, 6.45) is 0. The van der Waals surface area contributed by atoms with Gasteiger partial charge in [-0.15, -0.1) is 10.2 Å². The van der Waals surface area contributed by atoms with Gasteiger partial charge in [0.2, 0.25) is 5.91 Å². The van der Waals surface area contributed by atoms with Crippen LogP contribution in [0.3, 0.4) is 0 Å². The van der Waals surface area contributed by atoms with E-state index in [2.05, 4.69) is 75.2 Å². The van der Waals surface area contributed by atoms with E-state index in [1.165, 1.54) is 12.6 Å². The average Bonchev–Trinajstić information content (AvgIpc) is 3.17. The van der Waals surface area contributed by atoms with Crippen LogP contribution in [0, 0.1) is 0 Å². The molecule has 1 heterocycles. The van der Waals surface area contributed by atoms with Gasteiger partial charge in [0.05, 0.1) is 0 Å². The van der Waals surface area contributed by atoms with Crippen molar-refractivity contribution >= 4 is 23.4 Å². The number of thioether (sulfide) groups is 1. The Balaban J connectivity index is 1.91. The summed E-state index contributed by atoms with van der Waals surface area (Å²) in [7, 11) is 0. The fourth-order valence-corrected chi connectivity index (χ4v) is 3.95. The summed E-state index contributed by atoms with van der Waals surface area (Å²) in [6, 6.07) is 18.6. The zero-order valence-electron chi connectivity index (χ0n) is 17.1. The summed E-state index contributed by atoms with van der Waals surface area (Å²) in [5.41, 5.74) is 3.24. The molecular weight excluding hydrogens is 382 g/mol. The number of carbonyl (C=O) groups is 1. The van der Waals surface area contributed by atoms with Crippen LogP contribution in [0.5, 0.6) is 0 Å². The SMILES string of the molecule is CCN(CC)c1ccc(-c2nnc(SCCNC(C)=O)n2-c2ccccc2)cc1. The van der Waals surface area contributed by atoms with Crippen LogP contribution in [0.25, 0.3) is 17.1 Å². The number of anilines is 1. The van der Waals surface area contributed by atoms with Crippen molar-refractivity contribution in [3.8, 4) is 17.1 Å². The zero-order chi connectivity index (χ0) is 20.6. The molecule has 0 radical (unpaired) electrons. The lowest BCUT2D eigenvalue weighted by Gasteiger charge is -2.21. The number of carbonyl (C=O) groups excluding carboxylic acids is 1. The maximum Gasteiger partial charge on any atom is 0.216 e. The molecule has 3 rings (SSSR count). The Labute approximate surface area is 176 Å². The highest BCUT2D eigenvalue weighted by atomic mass is 32.2. The second kappa shape index (κ2) is 10.1. The number of rotatable bonds is 9. The van der Waals surface area contributed by atoms with Crippen LogP contribution in [0.4, 0.5) is 5.69 Å². The molecule has 1 N–H and O–H groups in total. The summed E-state index contributed by atoms with van der Waals surface area (Å²) in [6.45, 7) is 8.39. The molecule has 7 heteroatoms. The van der Waals surface area contributed by atoms with Gasteiger partial charge in [0, 0.05) is 49.2 Å². The number of hydrogen-bond donors (Lipinski definition) is 1. The molecule has 2 aromatic carbocycles. The summed E-state index contributed by atoms with van der Waals surface area (Å²) in [5, 5.41) is 12.5. The highest BCUT2D eigenvalue weighted by Gasteiger charge is 2.16.